The Morgan fingerprint density at radius 2 is 1.17 bits per heavy atom. The topological polar surface area (TPSA) is 3.24 Å². The predicted octanol–water partition coefficient (Wildman–Crippen LogP) is 4.43. The van der Waals surface area contributed by atoms with Crippen molar-refractivity contribution in [2.45, 2.75) is 59.9 Å². The van der Waals surface area contributed by atoms with E-state index in [9.17, 15) is 0 Å². The van der Waals surface area contributed by atoms with E-state index in [0.29, 0.717) is 0 Å². The van der Waals surface area contributed by atoms with Crippen molar-refractivity contribution in [3.05, 3.63) is 34.9 Å². The molecule has 0 saturated carbocycles. The highest BCUT2D eigenvalue weighted by Crippen LogP contribution is 2.15. The first kappa shape index (κ1) is 15.2. The molecule has 1 rings (SSSR count). The van der Waals surface area contributed by atoms with Crippen molar-refractivity contribution in [2.75, 3.05) is 13.1 Å². The van der Waals surface area contributed by atoms with Gasteiger partial charge < -0.3 is 0 Å². The molecule has 0 atom stereocenters. The lowest BCUT2D eigenvalue weighted by atomic mass is 9.99. The van der Waals surface area contributed by atoms with Gasteiger partial charge >= 0.3 is 0 Å². The average Bonchev–Trinajstić information content (AvgIpc) is 2.36. The number of hydrogen-bond acceptors (Lipinski definition) is 1. The molecule has 0 N–H and O–H groups in total. The number of nitrogens with zero attached hydrogens (tertiary/aromatic N) is 1. The summed E-state index contributed by atoms with van der Waals surface area (Å²) in [6.45, 7) is 12.4. The molecule has 18 heavy (non-hydrogen) atoms. The van der Waals surface area contributed by atoms with Crippen LogP contribution in [0.4, 0.5) is 0 Å². The zero-order valence-electron chi connectivity index (χ0n) is 12.6. The summed E-state index contributed by atoms with van der Waals surface area (Å²) < 4.78 is 0. The van der Waals surface area contributed by atoms with Crippen LogP contribution in [-0.2, 0) is 19.4 Å². The molecule has 0 radical (unpaired) electrons. The van der Waals surface area contributed by atoms with Gasteiger partial charge in [0.25, 0.3) is 0 Å². The van der Waals surface area contributed by atoms with Crippen LogP contribution in [0.25, 0.3) is 0 Å². The van der Waals surface area contributed by atoms with Crippen molar-refractivity contribution in [1.29, 1.82) is 0 Å². The van der Waals surface area contributed by atoms with E-state index in [1.54, 1.807) is 0 Å². The molecule has 0 aliphatic heterocycles. The highest BCUT2D eigenvalue weighted by Gasteiger charge is 2.04. The maximum atomic E-state index is 2.49. The Hall–Kier alpha value is -0.820. The first-order valence-corrected chi connectivity index (χ1v) is 7.57. The Balaban J connectivity index is 2.87. The minimum atomic E-state index is 1.10. The molecular formula is C17H29N. The normalized spacial score (nSPS) is 11.2. The van der Waals surface area contributed by atoms with Crippen LogP contribution in [0.2, 0.25) is 0 Å². The lowest BCUT2D eigenvalue weighted by molar-refractivity contribution is 0.295. The second kappa shape index (κ2) is 8.31. The van der Waals surface area contributed by atoms with Gasteiger partial charge in [0.15, 0.2) is 0 Å². The molecular weight excluding hydrogens is 218 g/mol. The predicted molar refractivity (Wildman–Crippen MR) is 81.1 cm³/mol. The first-order chi connectivity index (χ1) is 8.73. The minimum absolute atomic E-state index is 1.10. The highest BCUT2D eigenvalue weighted by atomic mass is 15.1. The van der Waals surface area contributed by atoms with Gasteiger partial charge in [-0.25, -0.2) is 0 Å². The molecule has 0 amide bonds. The molecule has 0 unspecified atom stereocenters. The monoisotopic (exact) mass is 247 g/mol. The summed E-state index contributed by atoms with van der Waals surface area (Å²) in [4.78, 5) is 2.49. The summed E-state index contributed by atoms with van der Waals surface area (Å²) in [5.41, 5.74) is 4.53. The zero-order valence-corrected chi connectivity index (χ0v) is 12.6. The van der Waals surface area contributed by atoms with Crippen molar-refractivity contribution < 1.29 is 0 Å². The van der Waals surface area contributed by atoms with Crippen LogP contribution < -0.4 is 0 Å². The van der Waals surface area contributed by atoms with E-state index >= 15 is 0 Å². The van der Waals surface area contributed by atoms with Crippen LogP contribution in [0.5, 0.6) is 0 Å². The molecule has 1 aromatic carbocycles. The van der Waals surface area contributed by atoms with E-state index in [-0.39, 0.29) is 0 Å². The molecule has 0 aliphatic rings. The van der Waals surface area contributed by atoms with Crippen LogP contribution in [0.15, 0.2) is 18.2 Å². The molecule has 1 nitrogen and oxygen atoms in total. The van der Waals surface area contributed by atoms with E-state index in [0.717, 1.165) is 19.6 Å². The maximum Gasteiger partial charge on any atom is 0.0233 e. The SMILES string of the molecule is CCCc1cc(CCC)cc(CN(CC)CC)c1. The van der Waals surface area contributed by atoms with Gasteiger partial charge in [-0.1, -0.05) is 58.7 Å². The van der Waals surface area contributed by atoms with Gasteiger partial charge in [-0.2, -0.15) is 0 Å². The summed E-state index contributed by atoms with van der Waals surface area (Å²) in [5.74, 6) is 0. The van der Waals surface area contributed by atoms with Crippen molar-refractivity contribution in [1.82, 2.24) is 4.90 Å². The zero-order chi connectivity index (χ0) is 13.4. The van der Waals surface area contributed by atoms with E-state index in [1.165, 1.54) is 42.4 Å². The summed E-state index contributed by atoms with van der Waals surface area (Å²) in [5, 5.41) is 0. The number of benzene rings is 1. The highest BCUT2D eigenvalue weighted by molar-refractivity contribution is 5.30. The largest absolute Gasteiger partial charge is 0.300 e. The number of aryl methyl sites for hydroxylation is 2. The molecule has 0 bridgehead atoms. The third-order valence-electron chi connectivity index (χ3n) is 3.49. The number of hydrogen-bond donors (Lipinski definition) is 0. The third kappa shape index (κ3) is 4.81. The third-order valence-corrected chi connectivity index (χ3v) is 3.49. The first-order valence-electron chi connectivity index (χ1n) is 7.57. The van der Waals surface area contributed by atoms with E-state index in [1.807, 2.05) is 0 Å². The quantitative estimate of drug-likeness (QED) is 0.656. The van der Waals surface area contributed by atoms with Gasteiger partial charge in [0, 0.05) is 6.54 Å². The van der Waals surface area contributed by atoms with Gasteiger partial charge in [-0.15, -0.1) is 0 Å². The molecule has 0 saturated heterocycles. The molecule has 0 heterocycles. The average molecular weight is 247 g/mol. The van der Waals surface area contributed by atoms with Gasteiger partial charge in [-0.3, -0.25) is 4.90 Å². The Kier molecular flexibility index (Phi) is 7.04. The fourth-order valence-corrected chi connectivity index (χ4v) is 2.50. The van der Waals surface area contributed by atoms with Crippen molar-refractivity contribution >= 4 is 0 Å². The van der Waals surface area contributed by atoms with Crippen molar-refractivity contribution in [3.8, 4) is 0 Å². The summed E-state index contributed by atoms with van der Waals surface area (Å²) >= 11 is 0. The van der Waals surface area contributed by atoms with Crippen molar-refractivity contribution in [2.24, 2.45) is 0 Å². The lowest BCUT2D eigenvalue weighted by Crippen LogP contribution is -2.22. The summed E-state index contributed by atoms with van der Waals surface area (Å²) in [7, 11) is 0. The molecule has 0 spiro atoms. The maximum absolute atomic E-state index is 2.49. The molecule has 102 valence electrons. The molecule has 0 aromatic heterocycles. The Labute approximate surface area is 113 Å². The molecule has 0 fully saturated rings. The lowest BCUT2D eigenvalue weighted by Gasteiger charge is -2.19. The fraction of sp³-hybridized carbons (Fsp3) is 0.647. The fourth-order valence-electron chi connectivity index (χ4n) is 2.50. The Morgan fingerprint density at radius 1 is 0.722 bits per heavy atom. The van der Waals surface area contributed by atoms with E-state index in [2.05, 4.69) is 50.8 Å². The Bertz CT molecular complexity index is 315. The molecule has 1 aromatic rings. The van der Waals surface area contributed by atoms with Crippen molar-refractivity contribution in [3.63, 3.8) is 0 Å². The second-order valence-corrected chi connectivity index (χ2v) is 5.12. The van der Waals surface area contributed by atoms with Crippen LogP contribution in [0.3, 0.4) is 0 Å². The van der Waals surface area contributed by atoms with Gasteiger partial charge in [0.1, 0.15) is 0 Å². The molecule has 0 aliphatic carbocycles. The summed E-state index contributed by atoms with van der Waals surface area (Å²) in [6.07, 6.45) is 4.90. The minimum Gasteiger partial charge on any atom is -0.300 e. The standard InChI is InChI=1S/C17H29N/c1-5-9-15-11-16(10-6-2)13-17(12-15)14-18(7-3)8-4/h11-13H,5-10,14H2,1-4H3. The van der Waals surface area contributed by atoms with Crippen LogP contribution in [0.1, 0.15) is 57.2 Å². The van der Waals surface area contributed by atoms with Gasteiger partial charge in [-0.05, 0) is 42.6 Å². The number of rotatable bonds is 8. The Morgan fingerprint density at radius 3 is 1.56 bits per heavy atom. The van der Waals surface area contributed by atoms with Crippen LogP contribution in [-0.4, -0.2) is 18.0 Å². The van der Waals surface area contributed by atoms with Gasteiger partial charge in [0.2, 0.25) is 0 Å². The summed E-state index contributed by atoms with van der Waals surface area (Å²) in [6, 6.07) is 7.21. The van der Waals surface area contributed by atoms with Crippen LogP contribution >= 0.6 is 0 Å². The van der Waals surface area contributed by atoms with E-state index < -0.39 is 0 Å². The molecule has 1 heteroatoms. The second-order valence-electron chi connectivity index (χ2n) is 5.12. The van der Waals surface area contributed by atoms with Crippen LogP contribution in [0, 0.1) is 0 Å². The van der Waals surface area contributed by atoms with E-state index in [4.69, 9.17) is 0 Å². The van der Waals surface area contributed by atoms with Gasteiger partial charge in [0.05, 0.1) is 0 Å². The smallest absolute Gasteiger partial charge is 0.0233 e.